The molecule has 3 aromatic rings. The molecule has 2 heterocycles. The molecule has 15 nitrogen and oxygen atoms in total. The molecule has 0 spiro atoms. The summed E-state index contributed by atoms with van der Waals surface area (Å²) < 4.78 is 99.6. The van der Waals surface area contributed by atoms with Crippen molar-refractivity contribution in [2.24, 2.45) is 4.99 Å². The highest BCUT2D eigenvalue weighted by molar-refractivity contribution is 5.80. The maximum atomic E-state index is 13.6. The molecule has 0 bridgehead atoms. The zero-order chi connectivity index (χ0) is 43.4. The number of hydrogen-bond acceptors (Lipinski definition) is 15. The monoisotopic (exact) mass is 845 g/mol. The average molecular weight is 846 g/mol. The lowest BCUT2D eigenvalue weighted by molar-refractivity contribution is -0.348. The number of aliphatic imine (C=N–C) groups is 1. The highest BCUT2D eigenvalue weighted by Crippen LogP contribution is 2.36. The Morgan fingerprint density at radius 1 is 0.683 bits per heavy atom. The molecule has 60 heavy (non-hydrogen) atoms. The zero-order valence-electron chi connectivity index (χ0n) is 33.4. The number of esters is 4. The molecule has 0 unspecified atom stereocenters. The van der Waals surface area contributed by atoms with Gasteiger partial charge in [-0.15, -0.1) is 0 Å². The summed E-state index contributed by atoms with van der Waals surface area (Å²) in [6.45, 7) is 2.79. The van der Waals surface area contributed by atoms with Gasteiger partial charge in [-0.25, -0.2) is 4.79 Å². The maximum Gasteiger partial charge on any atom is 0.416 e. The summed E-state index contributed by atoms with van der Waals surface area (Å²) in [6.07, 6.45) is -16.1. The molecule has 2 fully saturated rings. The average Bonchev–Trinajstić information content (AvgIpc) is 3.22. The van der Waals surface area contributed by atoms with E-state index in [1.807, 2.05) is 60.7 Å². The van der Waals surface area contributed by atoms with Gasteiger partial charge >= 0.3 is 30.1 Å². The first kappa shape index (κ1) is 45.8. The van der Waals surface area contributed by atoms with Gasteiger partial charge in [0, 0.05) is 34.1 Å². The molecule has 324 valence electrons. The molecular weight excluding hydrogens is 799 g/mol. The van der Waals surface area contributed by atoms with Crippen molar-refractivity contribution in [2.75, 3.05) is 20.8 Å². The van der Waals surface area contributed by atoms with E-state index >= 15 is 0 Å². The van der Waals surface area contributed by atoms with Gasteiger partial charge in [0.25, 0.3) is 0 Å². The molecule has 5 rings (SSSR count). The molecule has 10 atom stereocenters. The molecule has 0 N–H and O–H groups in total. The van der Waals surface area contributed by atoms with E-state index in [0.29, 0.717) is 0 Å². The van der Waals surface area contributed by atoms with E-state index in [0.717, 1.165) is 63.3 Å². The van der Waals surface area contributed by atoms with E-state index in [1.165, 1.54) is 13.3 Å². The van der Waals surface area contributed by atoms with Gasteiger partial charge in [0.2, 0.25) is 0 Å². The third-order valence-electron chi connectivity index (χ3n) is 9.33. The largest absolute Gasteiger partial charge is 0.467 e. The fourth-order valence-corrected chi connectivity index (χ4v) is 6.59. The van der Waals surface area contributed by atoms with Crippen LogP contribution in [0.15, 0.2) is 89.9 Å². The Kier molecular flexibility index (Phi) is 16.3. The second kappa shape index (κ2) is 21.3. The number of alkyl halides is 3. The van der Waals surface area contributed by atoms with Crippen LogP contribution >= 0.6 is 0 Å². The summed E-state index contributed by atoms with van der Waals surface area (Å²) in [5.74, 6) is -3.32. The molecule has 0 aromatic heterocycles. The Bertz CT molecular complexity index is 1900. The lowest BCUT2D eigenvalue weighted by atomic mass is 9.94. The molecule has 0 aliphatic carbocycles. The van der Waals surface area contributed by atoms with E-state index < -0.39 is 104 Å². The summed E-state index contributed by atoms with van der Waals surface area (Å²) in [6, 6.07) is 20.8. The minimum Gasteiger partial charge on any atom is -0.467 e. The van der Waals surface area contributed by atoms with Crippen LogP contribution in [0.2, 0.25) is 0 Å². The number of carbonyl (C=O) groups is 4. The van der Waals surface area contributed by atoms with Crippen LogP contribution in [0.25, 0.3) is 0 Å². The van der Waals surface area contributed by atoms with Crippen molar-refractivity contribution in [3.05, 3.63) is 107 Å². The van der Waals surface area contributed by atoms with Crippen LogP contribution in [0.1, 0.15) is 43.0 Å². The van der Waals surface area contributed by atoms with Crippen LogP contribution in [0.4, 0.5) is 13.2 Å². The topological polar surface area (TPSA) is 173 Å². The lowest BCUT2D eigenvalue weighted by Gasteiger charge is -2.48. The number of hydrogen-bond donors (Lipinski definition) is 0. The Morgan fingerprint density at radius 3 is 1.77 bits per heavy atom. The normalized spacial score (nSPS) is 26.9. The summed E-state index contributed by atoms with van der Waals surface area (Å²) in [4.78, 5) is 55.3. The van der Waals surface area contributed by atoms with Crippen LogP contribution < -0.4 is 0 Å². The van der Waals surface area contributed by atoms with Gasteiger partial charge in [0.05, 0.1) is 25.9 Å². The van der Waals surface area contributed by atoms with Gasteiger partial charge in [0.15, 0.2) is 30.9 Å². The molecule has 2 saturated heterocycles. The maximum absolute atomic E-state index is 13.6. The molecule has 0 saturated carbocycles. The molecule has 3 aromatic carbocycles. The Morgan fingerprint density at radius 2 is 1.25 bits per heavy atom. The second-order valence-corrected chi connectivity index (χ2v) is 13.7. The Balaban J connectivity index is 1.62. The SMILES string of the molecule is COC(=O)[C@H]1O[C@H](OC)[C@H](OCc2ccccc2)[C@@H](OCc2ccccc2)[C@@H]1O[C@H]1O[C@H](COC(C)=O)[C@@H](OC(C)=O)[C@H](OC(C)=O)[C@H]1N=Cc1ccc(C(F)(F)F)cc1. The predicted octanol–water partition coefficient (Wildman–Crippen LogP) is 4.74. The first-order valence-corrected chi connectivity index (χ1v) is 18.7. The minimum absolute atomic E-state index is 0.0262. The minimum atomic E-state index is -4.61. The van der Waals surface area contributed by atoms with Gasteiger partial charge in [-0.05, 0) is 28.8 Å². The fourth-order valence-electron chi connectivity index (χ4n) is 6.59. The number of nitrogens with zero attached hydrogens (tertiary/aromatic N) is 1. The molecular formula is C42H46F3NO14. The van der Waals surface area contributed by atoms with E-state index in [1.54, 1.807) is 0 Å². The van der Waals surface area contributed by atoms with Crippen molar-refractivity contribution in [1.82, 2.24) is 0 Å². The van der Waals surface area contributed by atoms with Crippen molar-refractivity contribution >= 4 is 30.1 Å². The van der Waals surface area contributed by atoms with Crippen LogP contribution in [0.5, 0.6) is 0 Å². The quantitative estimate of drug-likeness (QED) is 0.110. The third kappa shape index (κ3) is 12.4. The van der Waals surface area contributed by atoms with Crippen molar-refractivity contribution in [1.29, 1.82) is 0 Å². The molecule has 0 amide bonds. The van der Waals surface area contributed by atoms with E-state index in [9.17, 15) is 32.3 Å². The lowest BCUT2D eigenvalue weighted by Crippen LogP contribution is -2.66. The van der Waals surface area contributed by atoms with Gasteiger partial charge in [-0.2, -0.15) is 13.2 Å². The van der Waals surface area contributed by atoms with E-state index in [2.05, 4.69) is 4.99 Å². The predicted molar refractivity (Wildman–Crippen MR) is 202 cm³/mol. The smallest absolute Gasteiger partial charge is 0.416 e. The summed E-state index contributed by atoms with van der Waals surface area (Å²) in [5, 5.41) is 0. The number of rotatable bonds is 16. The number of benzene rings is 3. The van der Waals surface area contributed by atoms with Crippen LogP contribution in [-0.4, -0.2) is 112 Å². The molecule has 2 aliphatic heterocycles. The van der Waals surface area contributed by atoms with Crippen LogP contribution in [0.3, 0.4) is 0 Å². The number of carbonyl (C=O) groups excluding carboxylic acids is 4. The first-order valence-electron chi connectivity index (χ1n) is 18.7. The van der Waals surface area contributed by atoms with Gasteiger partial charge in [-0.3, -0.25) is 19.4 Å². The summed E-state index contributed by atoms with van der Waals surface area (Å²) >= 11 is 0. The first-order chi connectivity index (χ1) is 28.7. The van der Waals surface area contributed by atoms with Crippen LogP contribution in [-0.2, 0) is 85.9 Å². The second-order valence-electron chi connectivity index (χ2n) is 13.7. The molecule has 18 heteroatoms. The number of methoxy groups -OCH3 is 2. The van der Waals surface area contributed by atoms with Gasteiger partial charge in [-0.1, -0.05) is 72.8 Å². The molecule has 0 radical (unpaired) electrons. The van der Waals surface area contributed by atoms with Gasteiger partial charge < -0.3 is 47.4 Å². The highest BCUT2D eigenvalue weighted by atomic mass is 19.4. The molecule has 2 aliphatic rings. The van der Waals surface area contributed by atoms with E-state index in [-0.39, 0.29) is 18.8 Å². The third-order valence-corrected chi connectivity index (χ3v) is 9.33. The number of ether oxygens (including phenoxy) is 10. The fraction of sp³-hybridized carbons (Fsp3) is 0.452. The Hall–Kier alpha value is -5.24. The summed E-state index contributed by atoms with van der Waals surface area (Å²) in [7, 11) is 2.48. The van der Waals surface area contributed by atoms with Crippen molar-refractivity contribution < 1.29 is 79.7 Å². The standard InChI is InChI=1S/C42H46F3NO14/c1-24(47)53-23-31-33(56-25(2)48)34(57-26(3)49)32(46-20-27-16-18-30(19-17-27)42(43,44)45)40(58-31)59-36-35(54-21-28-12-8-6-9-13-28)38(55-22-29-14-10-7-11-15-29)41(52-5)60-37(36)39(50)51-4/h6-20,31-38,40-41H,21-23H2,1-5H3/t31-,32-,33-,34-,35+,36+,37+,38-,40-,41+/m1/s1. The highest BCUT2D eigenvalue weighted by Gasteiger charge is 2.57. The Labute approximate surface area is 343 Å². The zero-order valence-corrected chi connectivity index (χ0v) is 33.4. The van der Waals surface area contributed by atoms with Crippen molar-refractivity contribution in [2.45, 2.75) is 102 Å². The van der Waals surface area contributed by atoms with Crippen molar-refractivity contribution in [3.63, 3.8) is 0 Å². The number of halogens is 3. The van der Waals surface area contributed by atoms with E-state index in [4.69, 9.17) is 47.4 Å². The van der Waals surface area contributed by atoms with Crippen molar-refractivity contribution in [3.8, 4) is 0 Å². The van der Waals surface area contributed by atoms with Gasteiger partial charge in [0.1, 0.15) is 37.1 Å². The van der Waals surface area contributed by atoms with Crippen LogP contribution in [0, 0.1) is 0 Å². The summed E-state index contributed by atoms with van der Waals surface area (Å²) in [5.41, 5.74) is 0.795.